The van der Waals surface area contributed by atoms with Gasteiger partial charge in [-0.15, -0.1) is 0 Å². The van der Waals surface area contributed by atoms with Crippen LogP contribution in [0.5, 0.6) is 0 Å². The molecule has 0 saturated carbocycles. The van der Waals surface area contributed by atoms with Gasteiger partial charge in [0.25, 0.3) is 0 Å². The predicted molar refractivity (Wildman–Crippen MR) is 55.4 cm³/mol. The lowest BCUT2D eigenvalue weighted by Crippen LogP contribution is -1.90. The summed E-state index contributed by atoms with van der Waals surface area (Å²) in [6.07, 6.45) is 17.8. The van der Waals surface area contributed by atoms with Crippen LogP contribution in [0.3, 0.4) is 0 Å². The fourth-order valence-corrected chi connectivity index (χ4v) is 1.07. The normalized spacial score (nSPS) is 18.3. The highest BCUT2D eigenvalue weighted by atomic mass is 16.1. The van der Waals surface area contributed by atoms with Crippen molar-refractivity contribution in [3.63, 3.8) is 0 Å². The average molecular weight is 174 g/mol. The first-order valence-electron chi connectivity index (χ1n) is 4.59. The first kappa shape index (κ1) is 9.72. The van der Waals surface area contributed by atoms with Crippen LogP contribution in [0.1, 0.15) is 19.3 Å². The quantitative estimate of drug-likeness (QED) is 0.551. The lowest BCUT2D eigenvalue weighted by atomic mass is 10.1. The van der Waals surface area contributed by atoms with E-state index in [4.69, 9.17) is 0 Å². The summed E-state index contributed by atoms with van der Waals surface area (Å²) in [6.45, 7) is 0. The van der Waals surface area contributed by atoms with Gasteiger partial charge in [0, 0.05) is 6.42 Å². The number of carbonyl (C=O) groups is 1. The van der Waals surface area contributed by atoms with E-state index in [0.717, 1.165) is 12.8 Å². The minimum absolute atomic E-state index is 0.211. The molecule has 0 unspecified atom stereocenters. The highest BCUT2D eigenvalue weighted by molar-refractivity contribution is 5.89. The van der Waals surface area contributed by atoms with Gasteiger partial charge in [-0.1, -0.05) is 42.5 Å². The highest BCUT2D eigenvalue weighted by Gasteiger charge is 1.93. The number of hydrogen-bond donors (Lipinski definition) is 0. The zero-order valence-electron chi connectivity index (χ0n) is 7.65. The van der Waals surface area contributed by atoms with Gasteiger partial charge in [0.05, 0.1) is 0 Å². The molecule has 68 valence electrons. The molecule has 0 N–H and O–H groups in total. The van der Waals surface area contributed by atoms with Gasteiger partial charge in [-0.25, -0.2) is 0 Å². The Kier molecular flexibility index (Phi) is 4.62. The van der Waals surface area contributed by atoms with Crippen LogP contribution < -0.4 is 0 Å². The van der Waals surface area contributed by atoms with Crippen LogP contribution >= 0.6 is 0 Å². The second kappa shape index (κ2) is 6.18. The largest absolute Gasteiger partial charge is 0.295 e. The summed E-state index contributed by atoms with van der Waals surface area (Å²) in [7, 11) is 0. The summed E-state index contributed by atoms with van der Waals surface area (Å²) in [6, 6.07) is 0. The fourth-order valence-electron chi connectivity index (χ4n) is 1.07. The van der Waals surface area contributed by atoms with Gasteiger partial charge in [-0.3, -0.25) is 4.79 Å². The van der Waals surface area contributed by atoms with E-state index in [1.54, 1.807) is 12.2 Å². The van der Waals surface area contributed by atoms with Crippen LogP contribution in [0.2, 0.25) is 0 Å². The minimum atomic E-state index is 0.211. The Hall–Kier alpha value is -1.37. The molecule has 0 spiro atoms. The van der Waals surface area contributed by atoms with Gasteiger partial charge in [0.2, 0.25) is 0 Å². The lowest BCUT2D eigenvalue weighted by molar-refractivity contribution is -0.114. The molecule has 0 aliphatic heterocycles. The number of rotatable bonds is 0. The predicted octanol–water partition coefficient (Wildman–Crippen LogP) is 2.96. The van der Waals surface area contributed by atoms with Crippen LogP contribution in [0.15, 0.2) is 48.6 Å². The Morgan fingerprint density at radius 3 is 2.46 bits per heavy atom. The van der Waals surface area contributed by atoms with Crippen molar-refractivity contribution in [3.05, 3.63) is 48.6 Å². The number of hydrogen-bond acceptors (Lipinski definition) is 1. The minimum Gasteiger partial charge on any atom is -0.295 e. The van der Waals surface area contributed by atoms with Crippen molar-refractivity contribution in [2.24, 2.45) is 0 Å². The lowest BCUT2D eigenvalue weighted by Gasteiger charge is -1.92. The van der Waals surface area contributed by atoms with E-state index in [2.05, 4.69) is 6.08 Å². The summed E-state index contributed by atoms with van der Waals surface area (Å²) in [5, 5.41) is 0. The maximum Gasteiger partial charge on any atom is 0.155 e. The smallest absolute Gasteiger partial charge is 0.155 e. The van der Waals surface area contributed by atoms with E-state index in [1.165, 1.54) is 0 Å². The van der Waals surface area contributed by atoms with Gasteiger partial charge in [-0.2, -0.15) is 0 Å². The Morgan fingerprint density at radius 1 is 0.923 bits per heavy atom. The number of carbonyl (C=O) groups excluding carboxylic acids is 1. The monoisotopic (exact) mass is 174 g/mol. The Balaban J connectivity index is 2.58. The molecular weight excluding hydrogens is 160 g/mol. The zero-order valence-corrected chi connectivity index (χ0v) is 7.65. The molecule has 13 heavy (non-hydrogen) atoms. The van der Waals surface area contributed by atoms with Crippen molar-refractivity contribution < 1.29 is 4.79 Å². The summed E-state index contributed by atoms with van der Waals surface area (Å²) < 4.78 is 0. The van der Waals surface area contributed by atoms with Crippen molar-refractivity contribution in [2.75, 3.05) is 0 Å². The van der Waals surface area contributed by atoms with E-state index in [1.807, 2.05) is 30.4 Å². The zero-order chi connectivity index (χ0) is 9.36. The van der Waals surface area contributed by atoms with Crippen molar-refractivity contribution in [2.45, 2.75) is 19.3 Å². The van der Waals surface area contributed by atoms with Crippen molar-refractivity contribution in [1.82, 2.24) is 0 Å². The van der Waals surface area contributed by atoms with E-state index in [0.29, 0.717) is 6.42 Å². The van der Waals surface area contributed by atoms with Gasteiger partial charge >= 0.3 is 0 Å². The van der Waals surface area contributed by atoms with Crippen molar-refractivity contribution in [1.29, 1.82) is 0 Å². The van der Waals surface area contributed by atoms with Crippen LogP contribution in [-0.2, 0) is 4.79 Å². The molecule has 0 fully saturated rings. The van der Waals surface area contributed by atoms with Gasteiger partial charge in [0.15, 0.2) is 5.78 Å². The molecule has 0 amide bonds. The average Bonchev–Trinajstić information content (AvgIpc) is 2.11. The molecule has 0 heterocycles. The summed E-state index contributed by atoms with van der Waals surface area (Å²) in [4.78, 5) is 11.1. The molecule has 0 atom stereocenters. The first-order valence-corrected chi connectivity index (χ1v) is 4.59. The SMILES string of the molecule is O=C1C=CC=CC=CC=CCCC1. The Bertz CT molecular complexity index is 267. The second-order valence-electron chi connectivity index (χ2n) is 2.92. The Morgan fingerprint density at radius 2 is 1.62 bits per heavy atom. The van der Waals surface area contributed by atoms with Gasteiger partial charge < -0.3 is 0 Å². The van der Waals surface area contributed by atoms with E-state index < -0.39 is 0 Å². The highest BCUT2D eigenvalue weighted by Crippen LogP contribution is 2.00. The fraction of sp³-hybridized carbons (Fsp3) is 0.250. The third-order valence-corrected chi connectivity index (χ3v) is 1.77. The first-order chi connectivity index (χ1) is 6.39. The molecule has 1 aliphatic rings. The molecule has 0 aromatic rings. The maximum absolute atomic E-state index is 11.1. The summed E-state index contributed by atoms with van der Waals surface area (Å²) in [5.41, 5.74) is 0. The topological polar surface area (TPSA) is 17.1 Å². The van der Waals surface area contributed by atoms with Crippen molar-refractivity contribution >= 4 is 5.78 Å². The van der Waals surface area contributed by atoms with Crippen LogP contribution in [0, 0.1) is 0 Å². The molecule has 0 aromatic carbocycles. The molecule has 1 aliphatic carbocycles. The standard InChI is InChI=1S/C12H14O/c13-12-10-8-6-4-2-1-3-5-7-9-11-12/h1-6,8,10H,7,9,11H2. The molecular formula is C12H14O. The van der Waals surface area contributed by atoms with Crippen molar-refractivity contribution in [3.8, 4) is 0 Å². The van der Waals surface area contributed by atoms with Crippen LogP contribution in [-0.4, -0.2) is 5.78 Å². The van der Waals surface area contributed by atoms with Crippen LogP contribution in [0.25, 0.3) is 0 Å². The van der Waals surface area contributed by atoms with Gasteiger partial charge in [0.1, 0.15) is 0 Å². The molecule has 0 radical (unpaired) electrons. The molecule has 0 bridgehead atoms. The van der Waals surface area contributed by atoms with E-state index in [-0.39, 0.29) is 5.78 Å². The number of ketones is 1. The second-order valence-corrected chi connectivity index (χ2v) is 2.92. The molecule has 1 nitrogen and oxygen atoms in total. The molecule has 1 rings (SSSR count). The van der Waals surface area contributed by atoms with Gasteiger partial charge in [-0.05, 0) is 18.9 Å². The number of allylic oxidation sites excluding steroid dienone is 8. The molecule has 1 heteroatoms. The molecule has 0 aromatic heterocycles. The van der Waals surface area contributed by atoms with E-state index in [9.17, 15) is 4.79 Å². The van der Waals surface area contributed by atoms with Crippen LogP contribution in [0.4, 0.5) is 0 Å². The summed E-state index contributed by atoms with van der Waals surface area (Å²) in [5.74, 6) is 0.211. The van der Waals surface area contributed by atoms with E-state index >= 15 is 0 Å². The third-order valence-electron chi connectivity index (χ3n) is 1.77. The Labute approximate surface area is 79.2 Å². The third kappa shape index (κ3) is 4.96. The maximum atomic E-state index is 11.1. The summed E-state index contributed by atoms with van der Waals surface area (Å²) >= 11 is 0. The molecule has 0 saturated heterocycles.